The smallest absolute Gasteiger partial charge is 0.157 e. The number of azo groups is 1. The first-order valence-electron chi connectivity index (χ1n) is 10.4. The SMILES string of the molecule is CCN(CCC#N)c1ccc(N=Nc2sc3c(c2C#N)CCc2ccccc2-3)c(C)c1. The van der Waals surface area contributed by atoms with E-state index in [0.29, 0.717) is 23.5 Å². The molecule has 4 rings (SSSR count). The molecule has 0 aliphatic heterocycles. The fraction of sp³-hybridized carbons (Fsp3) is 0.280. The Balaban J connectivity index is 1.64. The Kier molecular flexibility index (Phi) is 6.11. The molecule has 3 aromatic rings. The second-order valence-electron chi connectivity index (χ2n) is 7.52. The standard InChI is InChI=1S/C25H23N5S/c1-3-30(14-6-13-26)19-10-12-23(17(2)15-19)28-29-25-22(16-27)21-11-9-18-7-4-5-8-20(18)24(21)31-25/h4-5,7-8,10,12,15H,3,6,9,11,14H2,1-2H3. The van der Waals surface area contributed by atoms with Gasteiger partial charge >= 0.3 is 0 Å². The van der Waals surface area contributed by atoms with Crippen LogP contribution in [0.1, 0.15) is 35.6 Å². The van der Waals surface area contributed by atoms with E-state index >= 15 is 0 Å². The summed E-state index contributed by atoms with van der Waals surface area (Å²) in [4.78, 5) is 3.32. The fourth-order valence-corrected chi connectivity index (χ4v) is 5.20. The highest BCUT2D eigenvalue weighted by atomic mass is 32.1. The van der Waals surface area contributed by atoms with E-state index in [1.54, 1.807) is 11.3 Å². The van der Waals surface area contributed by atoms with Gasteiger partial charge in [0, 0.05) is 23.7 Å². The first-order valence-corrected chi connectivity index (χ1v) is 11.3. The summed E-state index contributed by atoms with van der Waals surface area (Å²) in [5.74, 6) is 0. The number of nitrogens with zero attached hydrogens (tertiary/aromatic N) is 5. The summed E-state index contributed by atoms with van der Waals surface area (Å²) in [7, 11) is 0. The number of fused-ring (bicyclic) bond motifs is 3. The molecule has 2 aromatic carbocycles. The van der Waals surface area contributed by atoms with Gasteiger partial charge in [0.25, 0.3) is 0 Å². The van der Waals surface area contributed by atoms with Gasteiger partial charge in [0.15, 0.2) is 5.00 Å². The van der Waals surface area contributed by atoms with Crippen molar-refractivity contribution in [2.45, 2.75) is 33.1 Å². The Labute approximate surface area is 186 Å². The van der Waals surface area contributed by atoms with Gasteiger partial charge in [-0.2, -0.15) is 10.5 Å². The summed E-state index contributed by atoms with van der Waals surface area (Å²) in [6.45, 7) is 5.65. The van der Waals surface area contributed by atoms with Gasteiger partial charge in [-0.3, -0.25) is 0 Å². The lowest BCUT2D eigenvalue weighted by Crippen LogP contribution is -2.23. The van der Waals surface area contributed by atoms with E-state index < -0.39 is 0 Å². The highest BCUT2D eigenvalue weighted by molar-refractivity contribution is 7.19. The van der Waals surface area contributed by atoms with Crippen LogP contribution in [0.2, 0.25) is 0 Å². The van der Waals surface area contributed by atoms with Crippen molar-refractivity contribution in [3.05, 3.63) is 64.7 Å². The number of aryl methyl sites for hydroxylation is 2. The summed E-state index contributed by atoms with van der Waals surface area (Å²) in [5.41, 5.74) is 7.17. The van der Waals surface area contributed by atoms with Gasteiger partial charge in [-0.05, 0) is 67.1 Å². The van der Waals surface area contributed by atoms with Crippen LogP contribution in [0.15, 0.2) is 52.7 Å². The number of benzene rings is 2. The average molecular weight is 426 g/mol. The normalized spacial score (nSPS) is 12.1. The van der Waals surface area contributed by atoms with Crippen LogP contribution in [-0.4, -0.2) is 13.1 Å². The number of anilines is 1. The molecule has 0 amide bonds. The van der Waals surface area contributed by atoms with Crippen LogP contribution in [0.4, 0.5) is 16.4 Å². The van der Waals surface area contributed by atoms with Gasteiger partial charge in [0.05, 0.1) is 23.7 Å². The Morgan fingerprint density at radius 2 is 1.94 bits per heavy atom. The lowest BCUT2D eigenvalue weighted by Gasteiger charge is -2.22. The quantitative estimate of drug-likeness (QED) is 0.405. The predicted molar refractivity (Wildman–Crippen MR) is 125 cm³/mol. The van der Waals surface area contributed by atoms with Crippen molar-refractivity contribution in [1.82, 2.24) is 0 Å². The van der Waals surface area contributed by atoms with Gasteiger partial charge in [-0.1, -0.05) is 24.3 Å². The molecule has 0 saturated heterocycles. The van der Waals surface area contributed by atoms with Gasteiger partial charge in [0.1, 0.15) is 6.07 Å². The summed E-state index contributed by atoms with van der Waals surface area (Å²) in [6.07, 6.45) is 2.31. The van der Waals surface area contributed by atoms with E-state index in [4.69, 9.17) is 5.26 Å². The van der Waals surface area contributed by atoms with Crippen LogP contribution in [0.3, 0.4) is 0 Å². The van der Waals surface area contributed by atoms with Crippen LogP contribution in [0, 0.1) is 29.6 Å². The first kappa shape index (κ1) is 20.8. The minimum atomic E-state index is 0.497. The molecule has 0 spiro atoms. The molecule has 0 N–H and O–H groups in total. The highest BCUT2D eigenvalue weighted by Gasteiger charge is 2.24. The third-order valence-electron chi connectivity index (χ3n) is 5.68. The van der Waals surface area contributed by atoms with Crippen LogP contribution in [0.25, 0.3) is 10.4 Å². The van der Waals surface area contributed by atoms with Crippen molar-refractivity contribution in [2.75, 3.05) is 18.0 Å². The van der Waals surface area contributed by atoms with Crippen molar-refractivity contribution in [3.63, 3.8) is 0 Å². The van der Waals surface area contributed by atoms with Crippen LogP contribution in [-0.2, 0) is 12.8 Å². The van der Waals surface area contributed by atoms with Gasteiger partial charge < -0.3 is 4.90 Å². The van der Waals surface area contributed by atoms with Gasteiger partial charge in [-0.25, -0.2) is 0 Å². The molecule has 0 bridgehead atoms. The van der Waals surface area contributed by atoms with Crippen LogP contribution >= 0.6 is 11.3 Å². The lowest BCUT2D eigenvalue weighted by molar-refractivity contribution is 0.826. The number of hydrogen-bond acceptors (Lipinski definition) is 6. The predicted octanol–water partition coefficient (Wildman–Crippen LogP) is 6.85. The maximum absolute atomic E-state index is 9.79. The molecule has 6 heteroatoms. The lowest BCUT2D eigenvalue weighted by atomic mass is 9.90. The van der Waals surface area contributed by atoms with Crippen molar-refractivity contribution in [3.8, 4) is 22.6 Å². The molecular weight excluding hydrogens is 402 g/mol. The van der Waals surface area contributed by atoms with Gasteiger partial charge in [0.2, 0.25) is 0 Å². The molecule has 0 unspecified atom stereocenters. The zero-order chi connectivity index (χ0) is 21.8. The van der Waals surface area contributed by atoms with E-state index in [-0.39, 0.29) is 0 Å². The molecule has 0 atom stereocenters. The van der Waals surface area contributed by atoms with Crippen molar-refractivity contribution in [1.29, 1.82) is 10.5 Å². The topological polar surface area (TPSA) is 75.5 Å². The second kappa shape index (κ2) is 9.12. The maximum atomic E-state index is 9.79. The summed E-state index contributed by atoms with van der Waals surface area (Å²) < 4.78 is 0. The molecule has 1 aliphatic carbocycles. The van der Waals surface area contributed by atoms with E-state index in [1.165, 1.54) is 11.1 Å². The molecule has 1 aliphatic rings. The largest absolute Gasteiger partial charge is 0.371 e. The number of rotatable bonds is 6. The minimum Gasteiger partial charge on any atom is -0.371 e. The number of hydrogen-bond donors (Lipinski definition) is 0. The maximum Gasteiger partial charge on any atom is 0.157 e. The minimum absolute atomic E-state index is 0.497. The van der Waals surface area contributed by atoms with Crippen molar-refractivity contribution < 1.29 is 0 Å². The zero-order valence-electron chi connectivity index (χ0n) is 17.7. The molecule has 1 aromatic heterocycles. The molecule has 154 valence electrons. The molecule has 1 heterocycles. The summed E-state index contributed by atoms with van der Waals surface area (Å²) >= 11 is 1.55. The zero-order valence-corrected chi connectivity index (χ0v) is 18.5. The molecule has 0 radical (unpaired) electrons. The van der Waals surface area contributed by atoms with E-state index in [2.05, 4.69) is 58.5 Å². The van der Waals surface area contributed by atoms with Crippen LogP contribution < -0.4 is 4.90 Å². The van der Waals surface area contributed by atoms with Gasteiger partial charge in [-0.15, -0.1) is 21.6 Å². The van der Waals surface area contributed by atoms with Crippen molar-refractivity contribution >= 4 is 27.7 Å². The summed E-state index contributed by atoms with van der Waals surface area (Å²) in [6, 6.07) is 19.0. The van der Waals surface area contributed by atoms with E-state index in [1.807, 2.05) is 25.1 Å². The molecular formula is C25H23N5S. The molecule has 31 heavy (non-hydrogen) atoms. The third kappa shape index (κ3) is 4.08. The molecule has 0 saturated carbocycles. The van der Waals surface area contributed by atoms with Crippen molar-refractivity contribution in [2.24, 2.45) is 10.2 Å². The fourth-order valence-electron chi connectivity index (χ4n) is 4.02. The van der Waals surface area contributed by atoms with E-state index in [0.717, 1.165) is 46.8 Å². The monoisotopic (exact) mass is 425 g/mol. The highest BCUT2D eigenvalue weighted by Crippen LogP contribution is 2.46. The number of thiophene rings is 1. The number of nitriles is 2. The molecule has 0 fully saturated rings. The average Bonchev–Trinajstić information content (AvgIpc) is 3.17. The third-order valence-corrected chi connectivity index (χ3v) is 6.83. The Morgan fingerprint density at radius 1 is 1.10 bits per heavy atom. The summed E-state index contributed by atoms with van der Waals surface area (Å²) in [5, 5.41) is 28.3. The Morgan fingerprint density at radius 3 is 2.68 bits per heavy atom. The Hall–Kier alpha value is -3.48. The Bertz CT molecular complexity index is 1230. The molecule has 5 nitrogen and oxygen atoms in total. The van der Waals surface area contributed by atoms with Crippen LogP contribution in [0.5, 0.6) is 0 Å². The van der Waals surface area contributed by atoms with E-state index in [9.17, 15) is 5.26 Å². The second-order valence-corrected chi connectivity index (χ2v) is 8.52. The first-order chi connectivity index (χ1) is 15.2.